The SMILES string of the molecule is C[S@](=O)c1cnc(N2CCCC(c3ncc(Cl)cn3)CC2)nc1NC1(CO)CCC1. The molecule has 2 aromatic rings. The molecule has 1 unspecified atom stereocenters. The number of anilines is 2. The largest absolute Gasteiger partial charge is 0.394 e. The van der Waals surface area contributed by atoms with E-state index in [0.717, 1.165) is 57.4 Å². The minimum Gasteiger partial charge on any atom is -0.394 e. The van der Waals surface area contributed by atoms with Crippen molar-refractivity contribution in [3.05, 3.63) is 29.4 Å². The lowest BCUT2D eigenvalue weighted by Crippen LogP contribution is -2.48. The Labute approximate surface area is 184 Å². The molecule has 2 aromatic heterocycles. The Balaban J connectivity index is 1.52. The minimum absolute atomic E-state index is 0.0363. The van der Waals surface area contributed by atoms with Gasteiger partial charge in [-0.2, -0.15) is 4.98 Å². The average Bonchev–Trinajstić information content (AvgIpc) is 2.97. The second kappa shape index (κ2) is 9.11. The van der Waals surface area contributed by atoms with Crippen molar-refractivity contribution < 1.29 is 9.32 Å². The number of nitrogens with one attached hydrogen (secondary N) is 1. The number of hydrogen-bond donors (Lipinski definition) is 2. The molecule has 0 bridgehead atoms. The third-order valence-electron chi connectivity index (χ3n) is 6.07. The number of aliphatic hydroxyl groups is 1. The van der Waals surface area contributed by atoms with Crippen LogP contribution in [-0.4, -0.2) is 60.7 Å². The number of aromatic nitrogens is 4. The summed E-state index contributed by atoms with van der Waals surface area (Å²) in [4.78, 5) is 20.8. The summed E-state index contributed by atoms with van der Waals surface area (Å²) in [6.45, 7) is 1.66. The van der Waals surface area contributed by atoms with Gasteiger partial charge in [0.2, 0.25) is 5.95 Å². The maximum absolute atomic E-state index is 12.2. The zero-order valence-corrected chi connectivity index (χ0v) is 18.6. The fourth-order valence-corrected chi connectivity index (χ4v) is 4.75. The molecular weight excluding hydrogens is 424 g/mol. The summed E-state index contributed by atoms with van der Waals surface area (Å²) >= 11 is 5.91. The van der Waals surface area contributed by atoms with E-state index in [9.17, 15) is 9.32 Å². The van der Waals surface area contributed by atoms with Crippen LogP contribution in [-0.2, 0) is 10.8 Å². The molecule has 0 amide bonds. The highest BCUT2D eigenvalue weighted by Crippen LogP contribution is 2.36. The molecule has 1 aliphatic carbocycles. The fraction of sp³-hybridized carbons (Fsp3) is 0.600. The summed E-state index contributed by atoms with van der Waals surface area (Å²) in [5, 5.41) is 13.7. The number of rotatable bonds is 6. The van der Waals surface area contributed by atoms with Crippen molar-refractivity contribution in [3.63, 3.8) is 0 Å². The minimum atomic E-state index is -1.22. The molecule has 4 rings (SSSR count). The first-order chi connectivity index (χ1) is 14.5. The highest BCUT2D eigenvalue weighted by molar-refractivity contribution is 7.84. The molecule has 1 saturated heterocycles. The molecule has 30 heavy (non-hydrogen) atoms. The molecule has 2 atom stereocenters. The van der Waals surface area contributed by atoms with Gasteiger partial charge in [0.15, 0.2) is 0 Å². The molecular formula is C20H27ClN6O2S. The predicted molar refractivity (Wildman–Crippen MR) is 118 cm³/mol. The van der Waals surface area contributed by atoms with E-state index in [2.05, 4.69) is 25.2 Å². The maximum Gasteiger partial charge on any atom is 0.227 e. The van der Waals surface area contributed by atoms with Crippen molar-refractivity contribution in [2.45, 2.75) is 54.9 Å². The van der Waals surface area contributed by atoms with Gasteiger partial charge in [-0.3, -0.25) is 4.21 Å². The van der Waals surface area contributed by atoms with Gasteiger partial charge in [-0.05, 0) is 38.5 Å². The first-order valence-corrected chi connectivity index (χ1v) is 12.3. The Morgan fingerprint density at radius 1 is 1.20 bits per heavy atom. The van der Waals surface area contributed by atoms with Gasteiger partial charge in [-0.1, -0.05) is 11.6 Å². The molecule has 8 nitrogen and oxygen atoms in total. The van der Waals surface area contributed by atoms with Crippen LogP contribution in [0.2, 0.25) is 5.02 Å². The lowest BCUT2D eigenvalue weighted by Gasteiger charge is -2.41. The molecule has 10 heteroatoms. The fourth-order valence-electron chi connectivity index (χ4n) is 4.08. The third-order valence-corrected chi connectivity index (χ3v) is 7.18. The van der Waals surface area contributed by atoms with Crippen molar-refractivity contribution in [2.75, 3.05) is 36.2 Å². The predicted octanol–water partition coefficient (Wildman–Crippen LogP) is 2.76. The maximum atomic E-state index is 12.2. The Bertz CT molecular complexity index is 903. The summed E-state index contributed by atoms with van der Waals surface area (Å²) in [6, 6.07) is 0. The number of nitrogens with zero attached hydrogens (tertiary/aromatic N) is 5. The van der Waals surface area contributed by atoms with Crippen molar-refractivity contribution in [3.8, 4) is 0 Å². The van der Waals surface area contributed by atoms with E-state index in [4.69, 9.17) is 16.6 Å². The lowest BCUT2D eigenvalue weighted by atomic mass is 9.77. The van der Waals surface area contributed by atoms with Gasteiger partial charge in [0.25, 0.3) is 0 Å². The zero-order valence-electron chi connectivity index (χ0n) is 17.1. The van der Waals surface area contributed by atoms with Gasteiger partial charge in [0.05, 0.1) is 39.1 Å². The molecule has 0 radical (unpaired) electrons. The first-order valence-electron chi connectivity index (χ1n) is 10.3. The van der Waals surface area contributed by atoms with Crippen LogP contribution in [0, 0.1) is 0 Å². The normalized spacial score (nSPS) is 22.1. The van der Waals surface area contributed by atoms with Crippen LogP contribution in [0.4, 0.5) is 11.8 Å². The Kier molecular flexibility index (Phi) is 6.50. The van der Waals surface area contributed by atoms with E-state index in [1.165, 1.54) is 0 Å². The van der Waals surface area contributed by atoms with E-state index >= 15 is 0 Å². The molecule has 2 fully saturated rings. The Hall–Kier alpha value is -1.84. The van der Waals surface area contributed by atoms with Crippen LogP contribution in [0.3, 0.4) is 0 Å². The standard InChI is InChI=1S/C20H27ClN6O2S/c1-30(29)16-12-24-19(25-18(16)26-20(13-28)6-3-7-20)27-8-2-4-14(5-9-27)17-22-10-15(21)11-23-17/h10-12,14,28H,2-9,13H2,1H3,(H,24,25,26)/t14?,30-/m0/s1. The zero-order chi connectivity index (χ0) is 21.1. The smallest absolute Gasteiger partial charge is 0.227 e. The van der Waals surface area contributed by atoms with Gasteiger partial charge in [-0.15, -0.1) is 0 Å². The number of halogens is 1. The molecule has 2 aliphatic rings. The topological polar surface area (TPSA) is 104 Å². The summed E-state index contributed by atoms with van der Waals surface area (Å²) in [7, 11) is -1.22. The quantitative estimate of drug-likeness (QED) is 0.692. The van der Waals surface area contributed by atoms with Crippen LogP contribution >= 0.6 is 11.6 Å². The van der Waals surface area contributed by atoms with Gasteiger partial charge in [-0.25, -0.2) is 15.0 Å². The molecule has 1 saturated carbocycles. The summed E-state index contributed by atoms with van der Waals surface area (Å²) in [6.07, 6.45) is 12.3. The van der Waals surface area contributed by atoms with Crippen molar-refractivity contribution in [1.82, 2.24) is 19.9 Å². The number of hydrogen-bond acceptors (Lipinski definition) is 8. The second-order valence-corrected chi connectivity index (χ2v) is 9.91. The third kappa shape index (κ3) is 4.58. The highest BCUT2D eigenvalue weighted by atomic mass is 35.5. The van der Waals surface area contributed by atoms with Gasteiger partial charge in [0, 0.05) is 37.7 Å². The van der Waals surface area contributed by atoms with Crippen molar-refractivity contribution >= 4 is 34.2 Å². The summed E-state index contributed by atoms with van der Waals surface area (Å²) in [5.41, 5.74) is -0.366. The van der Waals surface area contributed by atoms with Crippen LogP contribution in [0.25, 0.3) is 0 Å². The van der Waals surface area contributed by atoms with E-state index in [1.54, 1.807) is 24.8 Å². The van der Waals surface area contributed by atoms with Gasteiger partial charge >= 0.3 is 0 Å². The average molecular weight is 451 g/mol. The van der Waals surface area contributed by atoms with Gasteiger partial charge in [0.1, 0.15) is 11.6 Å². The van der Waals surface area contributed by atoms with E-state index < -0.39 is 10.8 Å². The van der Waals surface area contributed by atoms with E-state index in [0.29, 0.717) is 21.7 Å². The monoisotopic (exact) mass is 450 g/mol. The van der Waals surface area contributed by atoms with Crippen LogP contribution < -0.4 is 10.2 Å². The summed E-state index contributed by atoms with van der Waals surface area (Å²) < 4.78 is 12.2. The molecule has 0 spiro atoms. The summed E-state index contributed by atoms with van der Waals surface area (Å²) in [5.74, 6) is 2.30. The molecule has 1 aliphatic heterocycles. The highest BCUT2D eigenvalue weighted by Gasteiger charge is 2.37. The van der Waals surface area contributed by atoms with Crippen LogP contribution in [0.5, 0.6) is 0 Å². The van der Waals surface area contributed by atoms with E-state index in [1.807, 2.05) is 0 Å². The molecule has 3 heterocycles. The van der Waals surface area contributed by atoms with Crippen molar-refractivity contribution in [1.29, 1.82) is 0 Å². The van der Waals surface area contributed by atoms with Crippen LogP contribution in [0.1, 0.15) is 50.3 Å². The van der Waals surface area contributed by atoms with E-state index in [-0.39, 0.29) is 18.1 Å². The van der Waals surface area contributed by atoms with Gasteiger partial charge < -0.3 is 15.3 Å². The molecule has 162 valence electrons. The molecule has 2 N–H and O–H groups in total. The number of aliphatic hydroxyl groups excluding tert-OH is 1. The first kappa shape index (κ1) is 21.4. The Morgan fingerprint density at radius 2 is 1.97 bits per heavy atom. The molecule has 0 aromatic carbocycles. The second-order valence-electron chi connectivity index (χ2n) is 8.13. The lowest BCUT2D eigenvalue weighted by molar-refractivity contribution is 0.143. The van der Waals surface area contributed by atoms with Crippen LogP contribution in [0.15, 0.2) is 23.5 Å². The Morgan fingerprint density at radius 3 is 2.60 bits per heavy atom. The van der Waals surface area contributed by atoms with Crippen molar-refractivity contribution in [2.24, 2.45) is 0 Å².